The van der Waals surface area contributed by atoms with E-state index in [1.54, 1.807) is 11.3 Å². The van der Waals surface area contributed by atoms with E-state index in [4.69, 9.17) is 5.26 Å². The molecule has 1 aromatic carbocycles. The average Bonchev–Trinajstić information content (AvgIpc) is 2.96. The zero-order valence-corrected chi connectivity index (χ0v) is 12.9. The lowest BCUT2D eigenvalue weighted by Crippen LogP contribution is -2.14. The highest BCUT2D eigenvalue weighted by atomic mass is 32.1. The molecule has 0 bridgehead atoms. The van der Waals surface area contributed by atoms with Crippen LogP contribution in [0.15, 0.2) is 30.5 Å². The van der Waals surface area contributed by atoms with E-state index in [-0.39, 0.29) is 0 Å². The minimum atomic E-state index is 0.700. The summed E-state index contributed by atoms with van der Waals surface area (Å²) in [6.45, 7) is 5.65. The van der Waals surface area contributed by atoms with E-state index in [0.29, 0.717) is 5.56 Å². The van der Waals surface area contributed by atoms with Gasteiger partial charge in [0.1, 0.15) is 0 Å². The van der Waals surface area contributed by atoms with Crippen LogP contribution in [0.4, 0.5) is 0 Å². The SMILES string of the molecule is Cc1cn2c(CNCc3cccc(C#N)c3)c(C)nc2s1. The first-order valence-corrected chi connectivity index (χ1v) is 7.63. The molecule has 0 atom stereocenters. The maximum atomic E-state index is 8.91. The van der Waals surface area contributed by atoms with E-state index in [2.05, 4.69) is 33.9 Å². The van der Waals surface area contributed by atoms with Gasteiger partial charge in [0, 0.05) is 24.2 Å². The maximum absolute atomic E-state index is 8.91. The summed E-state index contributed by atoms with van der Waals surface area (Å²) in [5, 5.41) is 12.3. The summed E-state index contributed by atoms with van der Waals surface area (Å²) >= 11 is 1.71. The van der Waals surface area contributed by atoms with Gasteiger partial charge < -0.3 is 5.32 Å². The van der Waals surface area contributed by atoms with Crippen LogP contribution in [0, 0.1) is 25.2 Å². The van der Waals surface area contributed by atoms with Gasteiger partial charge in [0.05, 0.1) is 23.0 Å². The molecule has 0 radical (unpaired) electrons. The number of nitriles is 1. The normalized spacial score (nSPS) is 10.9. The fourth-order valence-corrected chi connectivity index (χ4v) is 3.29. The molecule has 0 saturated carbocycles. The summed E-state index contributed by atoms with van der Waals surface area (Å²) in [4.78, 5) is 6.90. The van der Waals surface area contributed by atoms with Gasteiger partial charge >= 0.3 is 0 Å². The molecule has 0 aliphatic heterocycles. The third kappa shape index (κ3) is 2.82. The van der Waals surface area contributed by atoms with Gasteiger partial charge in [0.2, 0.25) is 0 Å². The second-order valence-corrected chi connectivity index (χ2v) is 6.27. The third-order valence-electron chi connectivity index (χ3n) is 3.42. The quantitative estimate of drug-likeness (QED) is 0.804. The molecule has 106 valence electrons. The first-order chi connectivity index (χ1) is 10.2. The number of hydrogen-bond acceptors (Lipinski definition) is 4. The predicted octanol–water partition coefficient (Wildman–Crippen LogP) is 3.17. The van der Waals surface area contributed by atoms with Crippen molar-refractivity contribution in [1.82, 2.24) is 14.7 Å². The van der Waals surface area contributed by atoms with Gasteiger partial charge in [-0.3, -0.25) is 4.40 Å². The van der Waals surface area contributed by atoms with E-state index in [1.807, 2.05) is 31.2 Å². The number of nitrogens with one attached hydrogen (secondary N) is 1. The van der Waals surface area contributed by atoms with E-state index in [9.17, 15) is 0 Å². The minimum absolute atomic E-state index is 0.700. The topological polar surface area (TPSA) is 53.1 Å². The molecule has 0 saturated heterocycles. The van der Waals surface area contributed by atoms with Gasteiger partial charge in [0.15, 0.2) is 4.96 Å². The number of fused-ring (bicyclic) bond motifs is 1. The van der Waals surface area contributed by atoms with Crippen LogP contribution in [0.1, 0.15) is 27.4 Å². The predicted molar refractivity (Wildman–Crippen MR) is 84.2 cm³/mol. The average molecular weight is 296 g/mol. The lowest BCUT2D eigenvalue weighted by molar-refractivity contribution is 0.672. The van der Waals surface area contributed by atoms with Crippen molar-refractivity contribution in [3.8, 4) is 6.07 Å². The number of nitrogens with zero attached hydrogens (tertiary/aromatic N) is 3. The van der Waals surface area contributed by atoms with Crippen LogP contribution in [0.5, 0.6) is 0 Å². The smallest absolute Gasteiger partial charge is 0.194 e. The molecule has 0 fully saturated rings. The maximum Gasteiger partial charge on any atom is 0.194 e. The Morgan fingerprint density at radius 3 is 3.00 bits per heavy atom. The molecule has 0 aliphatic rings. The van der Waals surface area contributed by atoms with Crippen molar-refractivity contribution in [3.05, 3.63) is 57.9 Å². The number of thiazole rings is 1. The van der Waals surface area contributed by atoms with Crippen LogP contribution in [0.3, 0.4) is 0 Å². The molecule has 5 heteroatoms. The van der Waals surface area contributed by atoms with Crippen molar-refractivity contribution in [2.24, 2.45) is 0 Å². The van der Waals surface area contributed by atoms with Crippen molar-refractivity contribution >= 4 is 16.3 Å². The molecule has 3 rings (SSSR count). The van der Waals surface area contributed by atoms with Crippen LogP contribution in [0.25, 0.3) is 4.96 Å². The van der Waals surface area contributed by atoms with Crippen LogP contribution in [0.2, 0.25) is 0 Å². The van der Waals surface area contributed by atoms with Crippen LogP contribution < -0.4 is 5.32 Å². The summed E-state index contributed by atoms with van der Waals surface area (Å²) in [5.41, 5.74) is 4.09. The Bertz CT molecular complexity index is 823. The highest BCUT2D eigenvalue weighted by Gasteiger charge is 2.10. The van der Waals surface area contributed by atoms with Gasteiger partial charge in [0.25, 0.3) is 0 Å². The minimum Gasteiger partial charge on any atom is -0.307 e. The Labute approximate surface area is 127 Å². The van der Waals surface area contributed by atoms with Gasteiger partial charge in [-0.1, -0.05) is 12.1 Å². The monoisotopic (exact) mass is 296 g/mol. The van der Waals surface area contributed by atoms with Crippen molar-refractivity contribution in [1.29, 1.82) is 5.26 Å². The first kappa shape index (κ1) is 13.8. The lowest BCUT2D eigenvalue weighted by Gasteiger charge is -2.05. The van der Waals surface area contributed by atoms with E-state index in [0.717, 1.165) is 29.3 Å². The molecule has 1 N–H and O–H groups in total. The molecule has 0 unspecified atom stereocenters. The lowest BCUT2D eigenvalue weighted by atomic mass is 10.1. The summed E-state index contributed by atoms with van der Waals surface area (Å²) in [6.07, 6.45) is 2.13. The first-order valence-electron chi connectivity index (χ1n) is 6.81. The summed E-state index contributed by atoms with van der Waals surface area (Å²) < 4.78 is 2.16. The van der Waals surface area contributed by atoms with Crippen LogP contribution in [-0.2, 0) is 13.1 Å². The Morgan fingerprint density at radius 2 is 2.19 bits per heavy atom. The number of benzene rings is 1. The molecule has 4 nitrogen and oxygen atoms in total. The van der Waals surface area contributed by atoms with Gasteiger partial charge in [-0.25, -0.2) is 4.98 Å². The van der Waals surface area contributed by atoms with E-state index in [1.165, 1.54) is 10.6 Å². The molecule has 2 aromatic heterocycles. The number of imidazole rings is 1. The largest absolute Gasteiger partial charge is 0.307 e. The summed E-state index contributed by atoms with van der Waals surface area (Å²) in [5.74, 6) is 0. The van der Waals surface area contributed by atoms with Crippen LogP contribution >= 0.6 is 11.3 Å². The summed E-state index contributed by atoms with van der Waals surface area (Å²) in [7, 11) is 0. The van der Waals surface area contributed by atoms with Crippen molar-refractivity contribution in [3.63, 3.8) is 0 Å². The highest BCUT2D eigenvalue weighted by molar-refractivity contribution is 7.17. The highest BCUT2D eigenvalue weighted by Crippen LogP contribution is 2.20. The third-order valence-corrected chi connectivity index (χ3v) is 4.32. The van der Waals surface area contributed by atoms with Crippen molar-refractivity contribution in [2.45, 2.75) is 26.9 Å². The van der Waals surface area contributed by atoms with Gasteiger partial charge in [-0.05, 0) is 31.5 Å². The molecule has 0 amide bonds. The van der Waals surface area contributed by atoms with Crippen molar-refractivity contribution in [2.75, 3.05) is 0 Å². The Balaban J connectivity index is 1.71. The Morgan fingerprint density at radius 1 is 1.33 bits per heavy atom. The fourth-order valence-electron chi connectivity index (χ4n) is 2.40. The number of rotatable bonds is 4. The van der Waals surface area contributed by atoms with Gasteiger partial charge in [-0.15, -0.1) is 11.3 Å². The zero-order valence-electron chi connectivity index (χ0n) is 12.1. The molecule has 2 heterocycles. The number of aryl methyl sites for hydroxylation is 2. The molecule has 0 aliphatic carbocycles. The molecular weight excluding hydrogens is 280 g/mol. The fraction of sp³-hybridized carbons (Fsp3) is 0.250. The zero-order chi connectivity index (χ0) is 14.8. The number of aromatic nitrogens is 2. The standard InChI is InChI=1S/C16H16N4S/c1-11-10-20-15(12(2)19-16(20)21-11)9-18-8-14-5-3-4-13(6-14)7-17/h3-6,10,18H,8-9H2,1-2H3. The molecular formula is C16H16N4S. The van der Waals surface area contributed by atoms with E-state index >= 15 is 0 Å². The Kier molecular flexibility index (Phi) is 3.74. The van der Waals surface area contributed by atoms with Gasteiger partial charge in [-0.2, -0.15) is 5.26 Å². The molecule has 3 aromatic rings. The number of hydrogen-bond donors (Lipinski definition) is 1. The van der Waals surface area contributed by atoms with E-state index < -0.39 is 0 Å². The second-order valence-electron chi connectivity index (χ2n) is 5.05. The second kappa shape index (κ2) is 5.68. The van der Waals surface area contributed by atoms with Crippen LogP contribution in [-0.4, -0.2) is 9.38 Å². The Hall–Kier alpha value is -2.16. The summed E-state index contributed by atoms with van der Waals surface area (Å²) in [6, 6.07) is 9.85. The molecule has 21 heavy (non-hydrogen) atoms. The molecule has 0 spiro atoms. The van der Waals surface area contributed by atoms with Crippen molar-refractivity contribution < 1.29 is 0 Å².